The van der Waals surface area contributed by atoms with Gasteiger partial charge in [0.25, 0.3) is 5.91 Å². The van der Waals surface area contributed by atoms with Crippen LogP contribution in [0.1, 0.15) is 12.0 Å². The zero-order valence-corrected chi connectivity index (χ0v) is 17.3. The highest BCUT2D eigenvalue weighted by atomic mass is 19.1. The van der Waals surface area contributed by atoms with Crippen LogP contribution in [0.15, 0.2) is 59.7 Å². The molecule has 2 aliphatic heterocycles. The third kappa shape index (κ3) is 5.74. The van der Waals surface area contributed by atoms with Crippen molar-refractivity contribution in [1.82, 2.24) is 14.8 Å². The number of carbonyl (C=O) groups is 2. The van der Waals surface area contributed by atoms with Crippen LogP contribution in [0, 0.1) is 5.82 Å². The molecule has 0 aliphatic carbocycles. The Balaban J connectivity index is 1.20. The molecule has 0 saturated carbocycles. The molecule has 1 N–H and O–H groups in total. The van der Waals surface area contributed by atoms with Crippen molar-refractivity contribution in [3.8, 4) is 0 Å². The van der Waals surface area contributed by atoms with Crippen molar-refractivity contribution < 1.29 is 14.0 Å². The third-order valence-electron chi connectivity index (χ3n) is 5.52. The first-order valence-electron chi connectivity index (χ1n) is 10.5. The van der Waals surface area contributed by atoms with Gasteiger partial charge in [0.05, 0.1) is 25.3 Å². The maximum atomic E-state index is 13.0. The van der Waals surface area contributed by atoms with E-state index in [1.165, 1.54) is 12.1 Å². The summed E-state index contributed by atoms with van der Waals surface area (Å²) in [6.45, 7) is 4.09. The van der Waals surface area contributed by atoms with E-state index in [1.54, 1.807) is 17.1 Å². The van der Waals surface area contributed by atoms with Gasteiger partial charge in [0.2, 0.25) is 5.91 Å². The molecule has 8 heteroatoms. The number of hydrazone groups is 1. The maximum Gasteiger partial charge on any atom is 0.256 e. The highest BCUT2D eigenvalue weighted by molar-refractivity contribution is 6.02. The second-order valence-electron chi connectivity index (χ2n) is 7.79. The standard InChI is InChI=1S/C23H26FN5O2/c24-19-6-8-20(9-7-19)25-22(30)16-27-12-14-28(15-13-27)17-23(31)29-11-10-21(26-29)18-4-2-1-3-5-18/h1-9H,10-17H2,(H,25,30). The molecule has 2 aromatic carbocycles. The minimum absolute atomic E-state index is 0.00781. The number of benzene rings is 2. The number of anilines is 1. The summed E-state index contributed by atoms with van der Waals surface area (Å²) in [6.07, 6.45) is 0.771. The van der Waals surface area contributed by atoms with Crippen LogP contribution in [0.4, 0.5) is 10.1 Å². The minimum atomic E-state index is -0.334. The Hall–Kier alpha value is -3.10. The summed E-state index contributed by atoms with van der Waals surface area (Å²) in [6, 6.07) is 15.7. The Kier molecular flexibility index (Phi) is 6.69. The van der Waals surface area contributed by atoms with Crippen LogP contribution in [0.3, 0.4) is 0 Å². The van der Waals surface area contributed by atoms with Gasteiger partial charge in [0.1, 0.15) is 5.82 Å². The Morgan fingerprint density at radius 1 is 0.871 bits per heavy atom. The van der Waals surface area contributed by atoms with E-state index < -0.39 is 0 Å². The molecule has 0 unspecified atom stereocenters. The molecule has 1 fully saturated rings. The van der Waals surface area contributed by atoms with Crippen molar-refractivity contribution in [2.75, 3.05) is 51.1 Å². The van der Waals surface area contributed by atoms with E-state index in [1.807, 2.05) is 30.3 Å². The molecule has 2 aliphatic rings. The fraction of sp³-hybridized carbons (Fsp3) is 0.348. The molecule has 0 aromatic heterocycles. The van der Waals surface area contributed by atoms with Crippen LogP contribution in [0.5, 0.6) is 0 Å². The van der Waals surface area contributed by atoms with Crippen molar-refractivity contribution in [2.45, 2.75) is 6.42 Å². The second-order valence-corrected chi connectivity index (χ2v) is 7.79. The number of halogens is 1. The lowest BCUT2D eigenvalue weighted by Crippen LogP contribution is -2.50. The van der Waals surface area contributed by atoms with Crippen molar-refractivity contribution >= 4 is 23.2 Å². The lowest BCUT2D eigenvalue weighted by molar-refractivity contribution is -0.132. The van der Waals surface area contributed by atoms with E-state index >= 15 is 0 Å². The number of amides is 2. The van der Waals surface area contributed by atoms with Crippen molar-refractivity contribution in [3.63, 3.8) is 0 Å². The molecule has 0 bridgehead atoms. The molecule has 2 heterocycles. The van der Waals surface area contributed by atoms with Gasteiger partial charge in [-0.25, -0.2) is 9.40 Å². The van der Waals surface area contributed by atoms with Crippen molar-refractivity contribution in [3.05, 3.63) is 66.0 Å². The Morgan fingerprint density at radius 2 is 1.52 bits per heavy atom. The van der Waals surface area contributed by atoms with Crippen LogP contribution in [0.2, 0.25) is 0 Å². The number of nitrogens with one attached hydrogen (secondary N) is 1. The van der Waals surface area contributed by atoms with Gasteiger partial charge in [-0.2, -0.15) is 5.10 Å². The van der Waals surface area contributed by atoms with E-state index in [-0.39, 0.29) is 24.2 Å². The first-order valence-corrected chi connectivity index (χ1v) is 10.5. The summed E-state index contributed by atoms with van der Waals surface area (Å²) < 4.78 is 13.0. The lowest BCUT2D eigenvalue weighted by Gasteiger charge is -2.34. The second kappa shape index (κ2) is 9.80. The van der Waals surface area contributed by atoms with Gasteiger partial charge >= 0.3 is 0 Å². The molecular weight excluding hydrogens is 397 g/mol. The Labute approximate surface area is 181 Å². The van der Waals surface area contributed by atoms with Crippen LogP contribution in [-0.4, -0.2) is 78.1 Å². The zero-order valence-electron chi connectivity index (χ0n) is 17.3. The SMILES string of the molecule is O=C(CN1CCN(CC(=O)N2CCC(c3ccccc3)=N2)CC1)Nc1ccc(F)cc1. The number of carbonyl (C=O) groups excluding carboxylic acids is 2. The average Bonchev–Trinajstić information content (AvgIpc) is 3.28. The summed E-state index contributed by atoms with van der Waals surface area (Å²) in [5.74, 6) is -0.455. The molecule has 4 rings (SSSR count). The number of hydrogen-bond donors (Lipinski definition) is 1. The normalized spacial score (nSPS) is 17.5. The quantitative estimate of drug-likeness (QED) is 0.772. The summed E-state index contributed by atoms with van der Waals surface area (Å²) in [4.78, 5) is 29.0. The van der Waals surface area contributed by atoms with Gasteiger partial charge < -0.3 is 5.32 Å². The van der Waals surface area contributed by atoms with Crippen LogP contribution >= 0.6 is 0 Å². The smallest absolute Gasteiger partial charge is 0.256 e. The topological polar surface area (TPSA) is 68.2 Å². The predicted molar refractivity (Wildman–Crippen MR) is 117 cm³/mol. The number of nitrogens with zero attached hydrogens (tertiary/aromatic N) is 4. The third-order valence-corrected chi connectivity index (χ3v) is 5.52. The molecule has 0 radical (unpaired) electrons. The van der Waals surface area contributed by atoms with Gasteiger partial charge in [-0.05, 0) is 29.8 Å². The first-order chi connectivity index (χ1) is 15.1. The Morgan fingerprint density at radius 3 is 2.19 bits per heavy atom. The van der Waals surface area contributed by atoms with Crippen LogP contribution in [0.25, 0.3) is 0 Å². The molecular formula is C23H26FN5O2. The molecule has 2 aromatic rings. The summed E-state index contributed by atoms with van der Waals surface area (Å²) in [5.41, 5.74) is 2.59. The van der Waals surface area contributed by atoms with E-state index in [2.05, 4.69) is 20.2 Å². The molecule has 31 heavy (non-hydrogen) atoms. The average molecular weight is 423 g/mol. The van der Waals surface area contributed by atoms with Gasteiger partial charge in [-0.1, -0.05) is 30.3 Å². The zero-order chi connectivity index (χ0) is 21.6. The minimum Gasteiger partial charge on any atom is -0.325 e. The molecule has 7 nitrogen and oxygen atoms in total. The van der Waals surface area contributed by atoms with Gasteiger partial charge in [-0.15, -0.1) is 0 Å². The largest absolute Gasteiger partial charge is 0.325 e. The molecule has 162 valence electrons. The van der Waals surface area contributed by atoms with Gasteiger partial charge in [0, 0.05) is 38.3 Å². The number of hydrogen-bond acceptors (Lipinski definition) is 5. The van der Waals surface area contributed by atoms with E-state index in [0.717, 1.165) is 30.8 Å². The molecule has 2 amide bonds. The summed E-state index contributed by atoms with van der Waals surface area (Å²) >= 11 is 0. The fourth-order valence-electron chi connectivity index (χ4n) is 3.79. The van der Waals surface area contributed by atoms with Gasteiger partial charge in [0.15, 0.2) is 0 Å². The highest BCUT2D eigenvalue weighted by Crippen LogP contribution is 2.14. The Bertz CT molecular complexity index is 940. The monoisotopic (exact) mass is 423 g/mol. The van der Waals surface area contributed by atoms with Crippen molar-refractivity contribution in [2.24, 2.45) is 5.10 Å². The molecule has 0 atom stereocenters. The fourth-order valence-corrected chi connectivity index (χ4v) is 3.79. The number of rotatable bonds is 6. The lowest BCUT2D eigenvalue weighted by atomic mass is 10.1. The molecule has 1 saturated heterocycles. The van der Waals surface area contributed by atoms with Crippen LogP contribution < -0.4 is 5.32 Å². The molecule has 0 spiro atoms. The van der Waals surface area contributed by atoms with E-state index in [9.17, 15) is 14.0 Å². The van der Waals surface area contributed by atoms with E-state index in [0.29, 0.717) is 31.9 Å². The van der Waals surface area contributed by atoms with Crippen molar-refractivity contribution in [1.29, 1.82) is 0 Å². The highest BCUT2D eigenvalue weighted by Gasteiger charge is 2.25. The first kappa shape index (κ1) is 21.1. The van der Waals surface area contributed by atoms with Gasteiger partial charge in [-0.3, -0.25) is 19.4 Å². The van der Waals surface area contributed by atoms with E-state index in [4.69, 9.17) is 0 Å². The number of piperazine rings is 1. The van der Waals surface area contributed by atoms with Crippen LogP contribution in [-0.2, 0) is 9.59 Å². The summed E-state index contributed by atoms with van der Waals surface area (Å²) in [7, 11) is 0. The maximum absolute atomic E-state index is 13.0. The summed E-state index contributed by atoms with van der Waals surface area (Å²) in [5, 5.41) is 8.86. The predicted octanol–water partition coefficient (Wildman–Crippen LogP) is 2.02.